The average molecular weight is 240 g/mol. The van der Waals surface area contributed by atoms with Gasteiger partial charge in [-0.15, -0.1) is 0 Å². The highest BCUT2D eigenvalue weighted by molar-refractivity contribution is 5.86. The molecule has 0 saturated heterocycles. The van der Waals surface area contributed by atoms with Crippen molar-refractivity contribution in [3.05, 3.63) is 40.0 Å². The van der Waals surface area contributed by atoms with Gasteiger partial charge in [0, 0.05) is 6.07 Å². The van der Waals surface area contributed by atoms with Crippen molar-refractivity contribution >= 4 is 5.97 Å². The van der Waals surface area contributed by atoms with Gasteiger partial charge >= 0.3 is 11.8 Å². The SMILES string of the molecule is Cc1oc(=O)oc1COC(=O)c1ccc(O)o1. The van der Waals surface area contributed by atoms with Crippen LogP contribution < -0.4 is 5.82 Å². The maximum Gasteiger partial charge on any atom is 0.519 e. The predicted octanol–water partition coefficient (Wildman–Crippen LogP) is 1.20. The van der Waals surface area contributed by atoms with Crippen LogP contribution in [0.3, 0.4) is 0 Å². The summed E-state index contributed by atoms with van der Waals surface area (Å²) in [5.74, 6) is -1.81. The smallest absolute Gasteiger partial charge is 0.481 e. The van der Waals surface area contributed by atoms with Gasteiger partial charge in [-0.1, -0.05) is 0 Å². The molecule has 0 aliphatic rings. The van der Waals surface area contributed by atoms with Crippen molar-refractivity contribution in [2.75, 3.05) is 0 Å². The van der Waals surface area contributed by atoms with Crippen molar-refractivity contribution in [2.24, 2.45) is 0 Å². The highest BCUT2D eigenvalue weighted by Crippen LogP contribution is 2.15. The van der Waals surface area contributed by atoms with Crippen LogP contribution in [0.5, 0.6) is 5.95 Å². The second-order valence-electron chi connectivity index (χ2n) is 3.15. The second-order valence-corrected chi connectivity index (χ2v) is 3.15. The maximum absolute atomic E-state index is 11.4. The van der Waals surface area contributed by atoms with Crippen LogP contribution >= 0.6 is 0 Å². The molecule has 0 aliphatic heterocycles. The summed E-state index contributed by atoms with van der Waals surface area (Å²) < 4.78 is 18.6. The zero-order valence-corrected chi connectivity index (χ0v) is 8.76. The lowest BCUT2D eigenvalue weighted by Crippen LogP contribution is -2.04. The van der Waals surface area contributed by atoms with Crippen LogP contribution in [0.15, 0.2) is 30.2 Å². The first-order chi connectivity index (χ1) is 8.06. The van der Waals surface area contributed by atoms with Crippen molar-refractivity contribution in [3.63, 3.8) is 0 Å². The third-order valence-electron chi connectivity index (χ3n) is 1.96. The van der Waals surface area contributed by atoms with Gasteiger partial charge in [0.25, 0.3) is 5.95 Å². The summed E-state index contributed by atoms with van der Waals surface area (Å²) in [6, 6.07) is 2.47. The Morgan fingerprint density at radius 3 is 2.65 bits per heavy atom. The normalized spacial score (nSPS) is 10.4. The van der Waals surface area contributed by atoms with Gasteiger partial charge in [0.1, 0.15) is 0 Å². The van der Waals surface area contributed by atoms with E-state index >= 15 is 0 Å². The van der Waals surface area contributed by atoms with Crippen molar-refractivity contribution in [1.82, 2.24) is 0 Å². The minimum atomic E-state index is -0.857. The highest BCUT2D eigenvalue weighted by atomic mass is 16.6. The minimum absolute atomic E-state index is 0.124. The molecule has 0 saturated carbocycles. The van der Waals surface area contributed by atoms with Crippen LogP contribution in [0.2, 0.25) is 0 Å². The van der Waals surface area contributed by atoms with Crippen LogP contribution in [0.1, 0.15) is 22.1 Å². The summed E-state index contributed by atoms with van der Waals surface area (Å²) in [7, 11) is 0. The number of hydrogen-bond acceptors (Lipinski definition) is 7. The first kappa shape index (κ1) is 11.1. The maximum atomic E-state index is 11.4. The molecular weight excluding hydrogens is 232 g/mol. The molecular formula is C10H8O7. The Balaban J connectivity index is 2.01. The lowest BCUT2D eigenvalue weighted by Gasteiger charge is -1.99. The van der Waals surface area contributed by atoms with E-state index in [1.807, 2.05) is 0 Å². The summed E-state index contributed by atoms with van der Waals surface area (Å²) in [6.45, 7) is 1.25. The van der Waals surface area contributed by atoms with Crippen molar-refractivity contribution in [2.45, 2.75) is 13.5 Å². The molecule has 0 aromatic carbocycles. The number of rotatable bonds is 3. The molecule has 0 unspecified atom stereocenters. The molecule has 17 heavy (non-hydrogen) atoms. The van der Waals surface area contributed by atoms with Crippen LogP contribution in [0, 0.1) is 6.92 Å². The second kappa shape index (κ2) is 4.20. The minimum Gasteiger partial charge on any atom is -0.481 e. The topological polar surface area (TPSA) is 103 Å². The molecule has 7 nitrogen and oxygen atoms in total. The van der Waals surface area contributed by atoms with Crippen molar-refractivity contribution < 1.29 is 27.9 Å². The highest BCUT2D eigenvalue weighted by Gasteiger charge is 2.15. The third kappa shape index (κ3) is 2.39. The molecule has 7 heteroatoms. The summed E-state index contributed by atoms with van der Waals surface area (Å²) in [5.41, 5.74) is 0. The standard InChI is InChI=1S/C10H8O7/c1-5-7(17-10(13)15-5)4-14-9(12)6-2-3-8(11)16-6/h2-3,11H,4H2,1H3. The average Bonchev–Trinajstić information content (AvgIpc) is 2.82. The number of hydrogen-bond donors (Lipinski definition) is 1. The fourth-order valence-corrected chi connectivity index (χ4v) is 1.15. The van der Waals surface area contributed by atoms with Crippen molar-refractivity contribution in [1.29, 1.82) is 0 Å². The van der Waals surface area contributed by atoms with Gasteiger partial charge < -0.3 is 23.1 Å². The largest absolute Gasteiger partial charge is 0.519 e. The fraction of sp³-hybridized carbons (Fsp3) is 0.200. The molecule has 0 bridgehead atoms. The Labute approximate surface area is 94.2 Å². The van der Waals surface area contributed by atoms with Crippen LogP contribution in [0.25, 0.3) is 0 Å². The number of aromatic hydroxyl groups is 1. The zero-order valence-electron chi connectivity index (χ0n) is 8.76. The molecule has 90 valence electrons. The molecule has 0 atom stereocenters. The molecule has 0 radical (unpaired) electrons. The number of carbonyl (C=O) groups excluding carboxylic acids is 1. The number of esters is 1. The molecule has 2 aromatic heterocycles. The first-order valence-electron chi connectivity index (χ1n) is 4.61. The van der Waals surface area contributed by atoms with E-state index < -0.39 is 11.8 Å². The monoisotopic (exact) mass is 240 g/mol. The summed E-state index contributed by atoms with van der Waals surface area (Å²) in [5, 5.41) is 8.89. The van der Waals surface area contributed by atoms with Crippen LogP contribution in [-0.2, 0) is 11.3 Å². The Morgan fingerprint density at radius 1 is 1.35 bits per heavy atom. The number of ether oxygens (including phenoxy) is 1. The lowest BCUT2D eigenvalue weighted by molar-refractivity contribution is 0.0401. The fourth-order valence-electron chi connectivity index (χ4n) is 1.15. The first-order valence-corrected chi connectivity index (χ1v) is 4.61. The summed E-state index contributed by atoms with van der Waals surface area (Å²) in [6.07, 6.45) is 0. The lowest BCUT2D eigenvalue weighted by atomic mass is 10.4. The molecule has 2 rings (SSSR count). The molecule has 1 N–H and O–H groups in total. The molecule has 2 aromatic rings. The van der Waals surface area contributed by atoms with E-state index in [1.165, 1.54) is 19.1 Å². The molecule has 2 heterocycles. The number of aryl methyl sites for hydroxylation is 1. The van der Waals surface area contributed by atoms with Gasteiger partial charge in [-0.3, -0.25) is 0 Å². The Bertz CT molecular complexity index is 586. The van der Waals surface area contributed by atoms with Gasteiger partial charge in [-0.05, 0) is 13.0 Å². The van der Waals surface area contributed by atoms with Gasteiger partial charge in [0.2, 0.25) is 5.76 Å². The van der Waals surface area contributed by atoms with E-state index in [0.29, 0.717) is 0 Å². The molecule has 0 fully saturated rings. The van der Waals surface area contributed by atoms with Crippen molar-refractivity contribution in [3.8, 4) is 5.95 Å². The molecule has 0 amide bonds. The summed E-state index contributed by atoms with van der Waals surface area (Å²) >= 11 is 0. The molecule has 0 spiro atoms. The summed E-state index contributed by atoms with van der Waals surface area (Å²) in [4.78, 5) is 22.1. The number of carbonyl (C=O) groups is 1. The van der Waals surface area contributed by atoms with Gasteiger partial charge in [0.05, 0.1) is 0 Å². The van der Waals surface area contributed by atoms with Gasteiger partial charge in [0.15, 0.2) is 18.1 Å². The van der Waals surface area contributed by atoms with E-state index in [9.17, 15) is 9.59 Å². The van der Waals surface area contributed by atoms with E-state index in [1.54, 1.807) is 0 Å². The zero-order chi connectivity index (χ0) is 12.4. The Hall–Kier alpha value is -2.44. The Kier molecular flexibility index (Phi) is 2.73. The van der Waals surface area contributed by atoms with Crippen LogP contribution in [0.4, 0.5) is 0 Å². The molecule has 0 aliphatic carbocycles. The quantitative estimate of drug-likeness (QED) is 0.803. The van der Waals surface area contributed by atoms with Gasteiger partial charge in [-0.2, -0.15) is 0 Å². The van der Waals surface area contributed by atoms with E-state index in [-0.39, 0.29) is 29.8 Å². The van der Waals surface area contributed by atoms with Crippen LogP contribution in [-0.4, -0.2) is 11.1 Å². The van der Waals surface area contributed by atoms with Gasteiger partial charge in [-0.25, -0.2) is 9.59 Å². The third-order valence-corrected chi connectivity index (χ3v) is 1.96. The Morgan fingerprint density at radius 2 is 2.12 bits per heavy atom. The number of furan rings is 1. The predicted molar refractivity (Wildman–Crippen MR) is 51.5 cm³/mol. The van der Waals surface area contributed by atoms with E-state index in [4.69, 9.17) is 9.84 Å². The van der Waals surface area contributed by atoms with E-state index in [2.05, 4.69) is 13.3 Å². The van der Waals surface area contributed by atoms with E-state index in [0.717, 1.165) is 0 Å².